The van der Waals surface area contributed by atoms with Crippen molar-refractivity contribution in [2.24, 2.45) is 0 Å². The van der Waals surface area contributed by atoms with Gasteiger partial charge in [0.25, 0.3) is 0 Å². The molecule has 1 atom stereocenters. The fourth-order valence-electron chi connectivity index (χ4n) is 2.74. The van der Waals surface area contributed by atoms with Crippen LogP contribution in [0.15, 0.2) is 18.2 Å². The molecule has 1 heterocycles. The van der Waals surface area contributed by atoms with Crippen molar-refractivity contribution in [3.63, 3.8) is 0 Å². The summed E-state index contributed by atoms with van der Waals surface area (Å²) in [6.45, 7) is 5.47. The lowest BCUT2D eigenvalue weighted by Crippen LogP contribution is -2.33. The van der Waals surface area contributed by atoms with E-state index in [2.05, 4.69) is 30.9 Å². The summed E-state index contributed by atoms with van der Waals surface area (Å²) in [5, 5.41) is 9.25. The van der Waals surface area contributed by atoms with Gasteiger partial charge in [0, 0.05) is 12.6 Å². The summed E-state index contributed by atoms with van der Waals surface area (Å²) in [5.41, 5.74) is 3.20. The van der Waals surface area contributed by atoms with Crippen LogP contribution in [0.4, 0.5) is 5.69 Å². The van der Waals surface area contributed by atoms with Gasteiger partial charge in [-0.25, -0.2) is 0 Å². The second kappa shape index (κ2) is 5.23. The van der Waals surface area contributed by atoms with Crippen LogP contribution in [-0.2, 0) is 0 Å². The zero-order chi connectivity index (χ0) is 12.3. The zero-order valence-electron chi connectivity index (χ0n) is 10.7. The standard InChI is InChI=1S/C15H20N2/c1-12-7-6-9-14(11-16)15(12)17-10-5-3-4-8-13(17)2/h6-7,9,13H,3-5,8,10H2,1-2H3. The number of nitrogens with zero attached hydrogens (tertiary/aromatic N) is 2. The first-order chi connectivity index (χ1) is 8.24. The second-order valence-electron chi connectivity index (χ2n) is 4.97. The van der Waals surface area contributed by atoms with Crippen LogP contribution in [0.5, 0.6) is 0 Å². The summed E-state index contributed by atoms with van der Waals surface area (Å²) in [5.74, 6) is 0. The van der Waals surface area contributed by atoms with E-state index in [1.54, 1.807) is 0 Å². The third-order valence-electron chi connectivity index (χ3n) is 3.70. The third kappa shape index (κ3) is 2.44. The van der Waals surface area contributed by atoms with Gasteiger partial charge in [0.2, 0.25) is 0 Å². The van der Waals surface area contributed by atoms with Crippen LogP contribution in [0.25, 0.3) is 0 Å². The quantitative estimate of drug-likeness (QED) is 0.733. The molecule has 0 amide bonds. The molecule has 0 saturated carbocycles. The van der Waals surface area contributed by atoms with Gasteiger partial charge in [0.05, 0.1) is 11.3 Å². The Kier molecular flexibility index (Phi) is 3.68. The number of anilines is 1. The van der Waals surface area contributed by atoms with Crippen LogP contribution in [0.2, 0.25) is 0 Å². The van der Waals surface area contributed by atoms with Crippen molar-refractivity contribution in [2.45, 2.75) is 45.6 Å². The maximum Gasteiger partial charge on any atom is 0.101 e. The van der Waals surface area contributed by atoms with Gasteiger partial charge in [-0.1, -0.05) is 25.0 Å². The first-order valence-corrected chi connectivity index (χ1v) is 6.50. The van der Waals surface area contributed by atoms with E-state index in [-0.39, 0.29) is 0 Å². The average molecular weight is 228 g/mol. The summed E-state index contributed by atoms with van der Waals surface area (Å²) < 4.78 is 0. The van der Waals surface area contributed by atoms with Crippen molar-refractivity contribution in [1.82, 2.24) is 0 Å². The van der Waals surface area contributed by atoms with Crippen LogP contribution < -0.4 is 4.90 Å². The number of para-hydroxylation sites is 1. The molecule has 1 fully saturated rings. The molecule has 0 radical (unpaired) electrons. The molecule has 1 aromatic carbocycles. The van der Waals surface area contributed by atoms with Gasteiger partial charge in [-0.05, 0) is 38.3 Å². The van der Waals surface area contributed by atoms with Gasteiger partial charge < -0.3 is 4.90 Å². The normalized spacial score (nSPS) is 20.8. The molecule has 1 aliphatic heterocycles. The summed E-state index contributed by atoms with van der Waals surface area (Å²) in [6, 6.07) is 8.89. The highest BCUT2D eigenvalue weighted by Gasteiger charge is 2.20. The van der Waals surface area contributed by atoms with Gasteiger partial charge in [-0.3, -0.25) is 0 Å². The van der Waals surface area contributed by atoms with E-state index in [4.69, 9.17) is 0 Å². The number of rotatable bonds is 1. The summed E-state index contributed by atoms with van der Waals surface area (Å²) >= 11 is 0. The fourth-order valence-corrected chi connectivity index (χ4v) is 2.74. The minimum atomic E-state index is 0.547. The van der Waals surface area contributed by atoms with Crippen molar-refractivity contribution in [2.75, 3.05) is 11.4 Å². The maximum atomic E-state index is 9.25. The van der Waals surface area contributed by atoms with Crippen LogP contribution in [0.3, 0.4) is 0 Å². The Labute approximate surface area is 104 Å². The monoisotopic (exact) mass is 228 g/mol. The Morgan fingerprint density at radius 1 is 1.29 bits per heavy atom. The topological polar surface area (TPSA) is 27.0 Å². The van der Waals surface area contributed by atoms with Crippen LogP contribution in [-0.4, -0.2) is 12.6 Å². The number of benzene rings is 1. The van der Waals surface area contributed by atoms with Gasteiger partial charge >= 0.3 is 0 Å². The van der Waals surface area contributed by atoms with E-state index in [1.807, 2.05) is 12.1 Å². The van der Waals surface area contributed by atoms with Gasteiger partial charge in [0.15, 0.2) is 0 Å². The highest BCUT2D eigenvalue weighted by Crippen LogP contribution is 2.30. The molecule has 0 spiro atoms. The van der Waals surface area contributed by atoms with Crippen molar-refractivity contribution in [3.05, 3.63) is 29.3 Å². The molecule has 17 heavy (non-hydrogen) atoms. The van der Waals surface area contributed by atoms with E-state index >= 15 is 0 Å². The van der Waals surface area contributed by atoms with Gasteiger partial charge in [0.1, 0.15) is 6.07 Å². The molecular weight excluding hydrogens is 208 g/mol. The predicted molar refractivity (Wildman–Crippen MR) is 71.2 cm³/mol. The molecule has 2 rings (SSSR count). The molecule has 1 saturated heterocycles. The predicted octanol–water partition coefficient (Wildman–Crippen LogP) is 3.64. The average Bonchev–Trinajstić information content (AvgIpc) is 2.54. The molecule has 90 valence electrons. The smallest absolute Gasteiger partial charge is 0.101 e. The lowest BCUT2D eigenvalue weighted by molar-refractivity contribution is 0.615. The van der Waals surface area contributed by atoms with Crippen LogP contribution >= 0.6 is 0 Å². The summed E-state index contributed by atoms with van der Waals surface area (Å²) in [7, 11) is 0. The second-order valence-corrected chi connectivity index (χ2v) is 4.97. The van der Waals surface area contributed by atoms with Crippen molar-refractivity contribution < 1.29 is 0 Å². The largest absolute Gasteiger partial charge is 0.368 e. The maximum absolute atomic E-state index is 9.25. The minimum Gasteiger partial charge on any atom is -0.368 e. The lowest BCUT2D eigenvalue weighted by Gasteiger charge is -2.31. The minimum absolute atomic E-state index is 0.547. The Balaban J connectivity index is 2.41. The lowest BCUT2D eigenvalue weighted by atomic mass is 10.0. The number of nitriles is 1. The Morgan fingerprint density at radius 2 is 2.12 bits per heavy atom. The third-order valence-corrected chi connectivity index (χ3v) is 3.70. The highest BCUT2D eigenvalue weighted by molar-refractivity contribution is 5.64. The molecule has 1 aliphatic rings. The van der Waals surface area contributed by atoms with E-state index in [1.165, 1.54) is 31.2 Å². The zero-order valence-corrected chi connectivity index (χ0v) is 10.7. The molecule has 2 heteroatoms. The van der Waals surface area contributed by atoms with Crippen LogP contribution in [0.1, 0.15) is 43.7 Å². The molecule has 0 N–H and O–H groups in total. The van der Waals surface area contributed by atoms with Crippen molar-refractivity contribution >= 4 is 5.69 Å². The van der Waals surface area contributed by atoms with Crippen molar-refractivity contribution in [1.29, 1.82) is 5.26 Å². The van der Waals surface area contributed by atoms with Crippen molar-refractivity contribution in [3.8, 4) is 6.07 Å². The molecule has 1 unspecified atom stereocenters. The van der Waals surface area contributed by atoms with Crippen LogP contribution in [0, 0.1) is 18.3 Å². The highest BCUT2D eigenvalue weighted by atomic mass is 15.2. The molecular formula is C15H20N2. The molecule has 1 aromatic rings. The first-order valence-electron chi connectivity index (χ1n) is 6.50. The van der Waals surface area contributed by atoms with Gasteiger partial charge in [-0.2, -0.15) is 5.26 Å². The fraction of sp³-hybridized carbons (Fsp3) is 0.533. The Hall–Kier alpha value is -1.49. The molecule has 0 bridgehead atoms. The molecule has 0 aromatic heterocycles. The SMILES string of the molecule is Cc1cccc(C#N)c1N1CCCCCC1C. The van der Waals surface area contributed by atoms with Gasteiger partial charge in [-0.15, -0.1) is 0 Å². The summed E-state index contributed by atoms with van der Waals surface area (Å²) in [4.78, 5) is 2.43. The van der Waals surface area contributed by atoms with E-state index in [0.29, 0.717) is 6.04 Å². The molecule has 2 nitrogen and oxygen atoms in total. The van der Waals surface area contributed by atoms with E-state index in [0.717, 1.165) is 17.8 Å². The number of aryl methyl sites for hydroxylation is 1. The van der Waals surface area contributed by atoms with E-state index < -0.39 is 0 Å². The first kappa shape index (κ1) is 12.0. The number of hydrogen-bond acceptors (Lipinski definition) is 2. The Bertz CT molecular complexity index is 431. The summed E-state index contributed by atoms with van der Waals surface area (Å²) in [6.07, 6.45) is 5.10. The Morgan fingerprint density at radius 3 is 2.88 bits per heavy atom. The molecule has 0 aliphatic carbocycles. The number of hydrogen-bond donors (Lipinski definition) is 0. The van der Waals surface area contributed by atoms with E-state index in [9.17, 15) is 5.26 Å².